The summed E-state index contributed by atoms with van der Waals surface area (Å²) >= 11 is 3.27. The van der Waals surface area contributed by atoms with Crippen LogP contribution in [0.15, 0.2) is 22.7 Å². The second kappa shape index (κ2) is 7.74. The molecule has 0 heterocycles. The van der Waals surface area contributed by atoms with Crippen molar-refractivity contribution in [1.82, 2.24) is 5.32 Å². The van der Waals surface area contributed by atoms with Gasteiger partial charge in [0.1, 0.15) is 17.7 Å². The topological polar surface area (TPSA) is 21.3 Å². The Morgan fingerprint density at radius 3 is 2.61 bits per heavy atom. The van der Waals surface area contributed by atoms with Crippen molar-refractivity contribution in [2.24, 2.45) is 0 Å². The minimum Gasteiger partial charge on any atom is -0.489 e. The van der Waals surface area contributed by atoms with Crippen molar-refractivity contribution in [3.63, 3.8) is 0 Å². The summed E-state index contributed by atoms with van der Waals surface area (Å²) in [7, 11) is 0. The van der Waals surface area contributed by atoms with Gasteiger partial charge in [-0.25, -0.2) is 4.39 Å². The fourth-order valence-electron chi connectivity index (χ4n) is 1.68. The predicted octanol–water partition coefficient (Wildman–Crippen LogP) is 4.13. The first-order valence-corrected chi connectivity index (χ1v) is 7.16. The highest BCUT2D eigenvalue weighted by Crippen LogP contribution is 2.22. The molecule has 0 spiro atoms. The average Bonchev–Trinajstić information content (AvgIpc) is 2.24. The van der Waals surface area contributed by atoms with Gasteiger partial charge in [-0.3, -0.25) is 0 Å². The Labute approximate surface area is 117 Å². The Kier molecular flexibility index (Phi) is 6.65. The quantitative estimate of drug-likeness (QED) is 0.816. The smallest absolute Gasteiger partial charge is 0.128 e. The third kappa shape index (κ3) is 5.83. The molecule has 0 saturated heterocycles. The van der Waals surface area contributed by atoms with E-state index in [0.717, 1.165) is 19.4 Å². The van der Waals surface area contributed by atoms with Gasteiger partial charge in [-0.05, 0) is 18.6 Å². The van der Waals surface area contributed by atoms with Crippen molar-refractivity contribution in [3.05, 3.63) is 28.5 Å². The van der Waals surface area contributed by atoms with Crippen molar-refractivity contribution in [1.29, 1.82) is 0 Å². The molecule has 0 aliphatic carbocycles. The lowest BCUT2D eigenvalue weighted by atomic mass is 10.2. The summed E-state index contributed by atoms with van der Waals surface area (Å²) in [6, 6.07) is 5.06. The van der Waals surface area contributed by atoms with Gasteiger partial charge in [0.2, 0.25) is 0 Å². The van der Waals surface area contributed by atoms with Crippen molar-refractivity contribution in [3.8, 4) is 5.75 Å². The van der Waals surface area contributed by atoms with Gasteiger partial charge in [-0.15, -0.1) is 0 Å². The molecule has 1 aromatic rings. The molecule has 0 saturated carbocycles. The van der Waals surface area contributed by atoms with Gasteiger partial charge in [0.05, 0.1) is 0 Å². The van der Waals surface area contributed by atoms with Crippen LogP contribution in [-0.2, 0) is 0 Å². The average molecular weight is 318 g/mol. The molecule has 0 aromatic heterocycles. The second-order valence-electron chi connectivity index (χ2n) is 4.70. The summed E-state index contributed by atoms with van der Waals surface area (Å²) in [4.78, 5) is 0. The van der Waals surface area contributed by atoms with E-state index in [2.05, 4.69) is 42.0 Å². The Balaban J connectivity index is 2.63. The van der Waals surface area contributed by atoms with Crippen LogP contribution < -0.4 is 10.1 Å². The lowest BCUT2D eigenvalue weighted by molar-refractivity contribution is 0.182. The molecule has 0 aliphatic heterocycles. The van der Waals surface area contributed by atoms with Gasteiger partial charge in [-0.1, -0.05) is 43.1 Å². The van der Waals surface area contributed by atoms with E-state index in [-0.39, 0.29) is 11.9 Å². The summed E-state index contributed by atoms with van der Waals surface area (Å²) in [6.07, 6.45) is 2.07. The molecule has 0 amide bonds. The lowest BCUT2D eigenvalue weighted by Crippen LogP contribution is -2.35. The Morgan fingerprint density at radius 2 is 2.06 bits per heavy atom. The number of halogens is 2. The van der Waals surface area contributed by atoms with E-state index in [0.29, 0.717) is 16.3 Å². The molecule has 0 fully saturated rings. The molecule has 1 rings (SSSR count). The van der Waals surface area contributed by atoms with Crippen molar-refractivity contribution in [2.75, 3.05) is 6.54 Å². The summed E-state index contributed by atoms with van der Waals surface area (Å²) in [5.41, 5.74) is 0. The van der Waals surface area contributed by atoms with E-state index in [1.165, 1.54) is 12.1 Å². The predicted molar refractivity (Wildman–Crippen MR) is 76.6 cm³/mol. The van der Waals surface area contributed by atoms with Crippen molar-refractivity contribution < 1.29 is 9.13 Å². The number of rotatable bonds is 7. The zero-order valence-corrected chi connectivity index (χ0v) is 12.8. The van der Waals surface area contributed by atoms with E-state index in [9.17, 15) is 4.39 Å². The van der Waals surface area contributed by atoms with Gasteiger partial charge >= 0.3 is 0 Å². The summed E-state index contributed by atoms with van der Waals surface area (Å²) in [5.74, 6) is 0.289. The number of hydrogen-bond donors (Lipinski definition) is 1. The highest BCUT2D eigenvalue weighted by Gasteiger charge is 2.11. The Hall–Kier alpha value is -0.610. The van der Waals surface area contributed by atoms with Gasteiger partial charge < -0.3 is 10.1 Å². The largest absolute Gasteiger partial charge is 0.489 e. The number of benzene rings is 1. The first-order chi connectivity index (χ1) is 8.51. The van der Waals surface area contributed by atoms with Crippen LogP contribution in [0.1, 0.15) is 33.6 Å². The van der Waals surface area contributed by atoms with Crippen LogP contribution in [0.5, 0.6) is 5.75 Å². The third-order valence-corrected chi connectivity index (χ3v) is 2.96. The van der Waals surface area contributed by atoms with Crippen LogP contribution >= 0.6 is 15.9 Å². The first kappa shape index (κ1) is 15.4. The van der Waals surface area contributed by atoms with Crippen LogP contribution in [-0.4, -0.2) is 18.7 Å². The maximum absolute atomic E-state index is 13.3. The van der Waals surface area contributed by atoms with E-state index >= 15 is 0 Å². The molecule has 4 heteroatoms. The van der Waals surface area contributed by atoms with Gasteiger partial charge in [-0.2, -0.15) is 0 Å². The summed E-state index contributed by atoms with van der Waals surface area (Å²) < 4.78 is 19.8. The SMILES string of the molecule is CCCC(CNC(C)C)Oc1cc(F)cc(Br)c1. The monoisotopic (exact) mass is 317 g/mol. The number of ether oxygens (including phenoxy) is 1. The van der Waals surface area contributed by atoms with Crippen LogP contribution in [0, 0.1) is 5.82 Å². The fourth-order valence-corrected chi connectivity index (χ4v) is 2.13. The highest BCUT2D eigenvalue weighted by atomic mass is 79.9. The summed E-state index contributed by atoms with van der Waals surface area (Å²) in [5, 5.41) is 3.35. The van der Waals surface area contributed by atoms with Gasteiger partial charge in [0, 0.05) is 23.1 Å². The van der Waals surface area contributed by atoms with E-state index in [1.807, 2.05) is 0 Å². The molecular weight excluding hydrogens is 297 g/mol. The third-order valence-electron chi connectivity index (χ3n) is 2.50. The highest BCUT2D eigenvalue weighted by molar-refractivity contribution is 9.10. The van der Waals surface area contributed by atoms with Gasteiger partial charge in [0.25, 0.3) is 0 Å². The first-order valence-electron chi connectivity index (χ1n) is 6.37. The normalized spacial score (nSPS) is 12.8. The zero-order chi connectivity index (χ0) is 13.5. The molecule has 1 aromatic carbocycles. The molecule has 2 nitrogen and oxygen atoms in total. The second-order valence-corrected chi connectivity index (χ2v) is 5.61. The molecule has 0 radical (unpaired) electrons. The maximum Gasteiger partial charge on any atom is 0.128 e. The molecular formula is C14H21BrFNO. The van der Waals surface area contributed by atoms with Gasteiger partial charge in [0.15, 0.2) is 0 Å². The molecule has 102 valence electrons. The standard InChI is InChI=1S/C14H21BrFNO/c1-4-5-13(9-17-10(2)3)18-14-7-11(15)6-12(16)8-14/h6-8,10,13,17H,4-5,9H2,1-3H3. The van der Waals surface area contributed by atoms with Crippen molar-refractivity contribution >= 4 is 15.9 Å². The van der Waals surface area contributed by atoms with Crippen LogP contribution in [0.3, 0.4) is 0 Å². The van der Waals surface area contributed by atoms with Crippen LogP contribution in [0.4, 0.5) is 4.39 Å². The Bertz CT molecular complexity index is 351. The van der Waals surface area contributed by atoms with Crippen LogP contribution in [0.25, 0.3) is 0 Å². The zero-order valence-electron chi connectivity index (χ0n) is 11.2. The van der Waals surface area contributed by atoms with Crippen LogP contribution in [0.2, 0.25) is 0 Å². The van der Waals surface area contributed by atoms with Crippen molar-refractivity contribution in [2.45, 2.75) is 45.8 Å². The van der Waals surface area contributed by atoms with E-state index < -0.39 is 0 Å². The fraction of sp³-hybridized carbons (Fsp3) is 0.571. The lowest BCUT2D eigenvalue weighted by Gasteiger charge is -2.20. The number of hydrogen-bond acceptors (Lipinski definition) is 2. The molecule has 1 atom stereocenters. The molecule has 0 bridgehead atoms. The maximum atomic E-state index is 13.3. The molecule has 1 unspecified atom stereocenters. The molecule has 18 heavy (non-hydrogen) atoms. The Morgan fingerprint density at radius 1 is 1.33 bits per heavy atom. The summed E-state index contributed by atoms with van der Waals surface area (Å²) in [6.45, 7) is 7.09. The number of nitrogens with one attached hydrogen (secondary N) is 1. The minimum atomic E-state index is -0.286. The molecule has 1 N–H and O–H groups in total. The molecule has 0 aliphatic rings. The van der Waals surface area contributed by atoms with E-state index in [1.54, 1.807) is 6.07 Å². The minimum absolute atomic E-state index is 0.0751. The van der Waals surface area contributed by atoms with E-state index in [4.69, 9.17) is 4.74 Å².